The molecule has 0 bridgehead atoms. The Morgan fingerprint density at radius 3 is 2.82 bits per heavy atom. The SMILES string of the molecule is CC1(O)CCNCC1N1CCCS(=O)(=O)CC1. The topological polar surface area (TPSA) is 69.6 Å². The Labute approximate surface area is 103 Å². The fourth-order valence-corrected chi connectivity index (χ4v) is 4.04. The van der Waals surface area contributed by atoms with E-state index in [1.165, 1.54) is 0 Å². The number of sulfone groups is 1. The van der Waals surface area contributed by atoms with Gasteiger partial charge in [0.15, 0.2) is 9.84 Å². The summed E-state index contributed by atoms with van der Waals surface area (Å²) in [5.74, 6) is 0.505. The summed E-state index contributed by atoms with van der Waals surface area (Å²) in [5, 5.41) is 13.7. The van der Waals surface area contributed by atoms with Gasteiger partial charge in [-0.15, -0.1) is 0 Å². The van der Waals surface area contributed by atoms with Crippen LogP contribution in [-0.2, 0) is 9.84 Å². The molecule has 100 valence electrons. The number of hydrogen-bond donors (Lipinski definition) is 2. The lowest BCUT2D eigenvalue weighted by Gasteiger charge is -2.43. The Balaban J connectivity index is 2.06. The first-order valence-corrected chi connectivity index (χ1v) is 8.10. The summed E-state index contributed by atoms with van der Waals surface area (Å²) in [6.07, 6.45) is 1.40. The third-order valence-electron chi connectivity index (χ3n) is 3.89. The molecule has 2 fully saturated rings. The van der Waals surface area contributed by atoms with E-state index in [-0.39, 0.29) is 17.5 Å². The van der Waals surface area contributed by atoms with Crippen LogP contribution in [0.2, 0.25) is 0 Å². The first-order chi connectivity index (χ1) is 7.91. The molecule has 2 atom stereocenters. The molecule has 0 amide bonds. The Bertz CT molecular complexity index is 367. The van der Waals surface area contributed by atoms with Gasteiger partial charge in [0, 0.05) is 13.1 Å². The standard InChI is InChI=1S/C11H22N2O3S/c1-11(14)3-4-12-9-10(11)13-5-2-7-17(15,16)8-6-13/h10,12,14H,2-9H2,1H3. The Morgan fingerprint density at radius 1 is 1.35 bits per heavy atom. The van der Waals surface area contributed by atoms with Crippen molar-refractivity contribution in [2.45, 2.75) is 31.4 Å². The predicted octanol–water partition coefficient (Wildman–Crippen LogP) is -0.780. The van der Waals surface area contributed by atoms with Gasteiger partial charge in [0.2, 0.25) is 0 Å². The molecule has 5 nitrogen and oxygen atoms in total. The Morgan fingerprint density at radius 2 is 2.12 bits per heavy atom. The molecular formula is C11H22N2O3S. The van der Waals surface area contributed by atoms with E-state index in [2.05, 4.69) is 10.2 Å². The van der Waals surface area contributed by atoms with Gasteiger partial charge in [-0.25, -0.2) is 8.42 Å². The fraction of sp³-hybridized carbons (Fsp3) is 1.00. The fourth-order valence-electron chi connectivity index (χ4n) is 2.76. The van der Waals surface area contributed by atoms with E-state index in [1.807, 2.05) is 6.92 Å². The molecule has 0 saturated carbocycles. The highest BCUT2D eigenvalue weighted by Crippen LogP contribution is 2.23. The monoisotopic (exact) mass is 262 g/mol. The average Bonchev–Trinajstić information content (AvgIpc) is 2.39. The number of nitrogens with one attached hydrogen (secondary N) is 1. The maximum absolute atomic E-state index is 11.6. The molecule has 2 rings (SSSR count). The lowest BCUT2D eigenvalue weighted by atomic mass is 9.88. The van der Waals surface area contributed by atoms with E-state index >= 15 is 0 Å². The van der Waals surface area contributed by atoms with Crippen LogP contribution in [0.4, 0.5) is 0 Å². The quantitative estimate of drug-likeness (QED) is 0.649. The van der Waals surface area contributed by atoms with Crippen LogP contribution in [0.15, 0.2) is 0 Å². The maximum Gasteiger partial charge on any atom is 0.151 e. The number of aliphatic hydroxyl groups is 1. The molecule has 0 spiro atoms. The molecule has 0 aromatic heterocycles. The zero-order valence-corrected chi connectivity index (χ0v) is 11.2. The summed E-state index contributed by atoms with van der Waals surface area (Å²) in [4.78, 5) is 2.14. The van der Waals surface area contributed by atoms with Crippen molar-refractivity contribution in [1.29, 1.82) is 0 Å². The minimum Gasteiger partial charge on any atom is -0.388 e. The van der Waals surface area contributed by atoms with Crippen molar-refractivity contribution in [1.82, 2.24) is 10.2 Å². The Hall–Kier alpha value is -0.170. The lowest BCUT2D eigenvalue weighted by Crippen LogP contribution is -2.60. The first kappa shape index (κ1) is 13.3. The molecule has 6 heteroatoms. The van der Waals surface area contributed by atoms with Crippen molar-refractivity contribution in [3.63, 3.8) is 0 Å². The van der Waals surface area contributed by atoms with Gasteiger partial charge >= 0.3 is 0 Å². The minimum atomic E-state index is -2.87. The molecule has 17 heavy (non-hydrogen) atoms. The number of nitrogens with zero attached hydrogens (tertiary/aromatic N) is 1. The largest absolute Gasteiger partial charge is 0.388 e. The van der Waals surface area contributed by atoms with Gasteiger partial charge in [0.05, 0.1) is 23.1 Å². The summed E-state index contributed by atoms with van der Waals surface area (Å²) in [6, 6.07) is 0.0320. The summed E-state index contributed by atoms with van der Waals surface area (Å²) >= 11 is 0. The van der Waals surface area contributed by atoms with Gasteiger partial charge in [0.25, 0.3) is 0 Å². The molecule has 2 saturated heterocycles. The van der Waals surface area contributed by atoms with Gasteiger partial charge in [-0.3, -0.25) is 4.90 Å². The second-order valence-corrected chi connectivity index (χ2v) is 7.67. The van der Waals surface area contributed by atoms with Crippen molar-refractivity contribution in [2.75, 3.05) is 37.7 Å². The highest BCUT2D eigenvalue weighted by atomic mass is 32.2. The van der Waals surface area contributed by atoms with Crippen LogP contribution < -0.4 is 5.32 Å². The molecule has 0 aromatic rings. The van der Waals surface area contributed by atoms with E-state index in [9.17, 15) is 13.5 Å². The predicted molar refractivity (Wildman–Crippen MR) is 66.7 cm³/mol. The molecule has 0 radical (unpaired) electrons. The third kappa shape index (κ3) is 3.19. The van der Waals surface area contributed by atoms with Crippen molar-refractivity contribution in [2.24, 2.45) is 0 Å². The lowest BCUT2D eigenvalue weighted by molar-refractivity contribution is -0.0506. The van der Waals surface area contributed by atoms with Crippen molar-refractivity contribution >= 4 is 9.84 Å². The molecule has 2 N–H and O–H groups in total. The molecule has 0 aromatic carbocycles. The van der Waals surface area contributed by atoms with Crippen LogP contribution >= 0.6 is 0 Å². The van der Waals surface area contributed by atoms with Gasteiger partial charge in [-0.05, 0) is 32.9 Å². The normalized spacial score (nSPS) is 39.8. The maximum atomic E-state index is 11.6. The van der Waals surface area contributed by atoms with Gasteiger partial charge < -0.3 is 10.4 Å². The van der Waals surface area contributed by atoms with Crippen molar-refractivity contribution in [3.8, 4) is 0 Å². The van der Waals surface area contributed by atoms with Crippen LogP contribution in [-0.4, -0.2) is 67.8 Å². The van der Waals surface area contributed by atoms with Crippen LogP contribution in [0.1, 0.15) is 19.8 Å². The third-order valence-corrected chi connectivity index (χ3v) is 5.61. The van der Waals surface area contributed by atoms with E-state index in [1.54, 1.807) is 0 Å². The molecular weight excluding hydrogens is 240 g/mol. The molecule has 2 heterocycles. The second-order valence-electron chi connectivity index (χ2n) is 5.37. The van der Waals surface area contributed by atoms with Gasteiger partial charge in [-0.1, -0.05) is 0 Å². The van der Waals surface area contributed by atoms with E-state index in [4.69, 9.17) is 0 Å². The molecule has 2 aliphatic rings. The highest BCUT2D eigenvalue weighted by Gasteiger charge is 2.39. The summed E-state index contributed by atoms with van der Waals surface area (Å²) in [7, 11) is -2.87. The summed E-state index contributed by atoms with van der Waals surface area (Å²) in [5.41, 5.74) is -0.709. The number of piperidine rings is 1. The van der Waals surface area contributed by atoms with Crippen LogP contribution in [0.5, 0.6) is 0 Å². The molecule has 2 unspecified atom stereocenters. The summed E-state index contributed by atoms with van der Waals surface area (Å²) in [6.45, 7) is 4.74. The molecule has 0 aliphatic carbocycles. The van der Waals surface area contributed by atoms with Crippen LogP contribution in [0.25, 0.3) is 0 Å². The smallest absolute Gasteiger partial charge is 0.151 e. The van der Waals surface area contributed by atoms with E-state index < -0.39 is 15.4 Å². The Kier molecular flexibility index (Phi) is 3.77. The number of hydrogen-bond acceptors (Lipinski definition) is 5. The van der Waals surface area contributed by atoms with E-state index in [0.29, 0.717) is 13.0 Å². The van der Waals surface area contributed by atoms with Crippen molar-refractivity contribution in [3.05, 3.63) is 0 Å². The van der Waals surface area contributed by atoms with Crippen LogP contribution in [0.3, 0.4) is 0 Å². The number of rotatable bonds is 1. The van der Waals surface area contributed by atoms with Crippen molar-refractivity contribution < 1.29 is 13.5 Å². The molecule has 2 aliphatic heterocycles. The zero-order chi connectivity index (χ0) is 12.5. The van der Waals surface area contributed by atoms with E-state index in [0.717, 1.165) is 26.1 Å². The minimum absolute atomic E-state index is 0.0320. The summed E-state index contributed by atoms with van der Waals surface area (Å²) < 4.78 is 23.1. The highest BCUT2D eigenvalue weighted by molar-refractivity contribution is 7.91. The average molecular weight is 262 g/mol. The van der Waals surface area contributed by atoms with Crippen LogP contribution in [0, 0.1) is 0 Å². The van der Waals surface area contributed by atoms with Gasteiger partial charge in [-0.2, -0.15) is 0 Å². The second kappa shape index (κ2) is 4.84. The first-order valence-electron chi connectivity index (χ1n) is 6.28. The zero-order valence-electron chi connectivity index (χ0n) is 10.4. The van der Waals surface area contributed by atoms with Gasteiger partial charge in [0.1, 0.15) is 0 Å².